The van der Waals surface area contributed by atoms with Crippen LogP contribution in [0.5, 0.6) is 0 Å². The molecule has 4 aromatic rings. The van der Waals surface area contributed by atoms with Crippen LogP contribution in [0.1, 0.15) is 36.4 Å². The molecule has 0 N–H and O–H groups in total. The Bertz CT molecular complexity index is 1630. The lowest BCUT2D eigenvalue weighted by Crippen LogP contribution is -2.25. The van der Waals surface area contributed by atoms with Crippen molar-refractivity contribution in [3.63, 3.8) is 0 Å². The molecule has 0 saturated carbocycles. The van der Waals surface area contributed by atoms with Gasteiger partial charge in [0, 0.05) is 56.1 Å². The van der Waals surface area contributed by atoms with Gasteiger partial charge >= 0.3 is 12.4 Å². The molecule has 0 bridgehead atoms. The molecule has 0 atom stereocenters. The maximum Gasteiger partial charge on any atom is 0.422 e. The molecule has 14 heteroatoms. The molecular formula is C31H26F10N4. The minimum Gasteiger partial charge on any atom is -0.378 e. The van der Waals surface area contributed by atoms with Gasteiger partial charge in [-0.1, -0.05) is 0 Å². The fourth-order valence-electron chi connectivity index (χ4n) is 4.62. The van der Waals surface area contributed by atoms with Crippen LogP contribution in [0.3, 0.4) is 0 Å². The summed E-state index contributed by atoms with van der Waals surface area (Å²) in [5.74, 6) is -7.33. The zero-order valence-corrected chi connectivity index (χ0v) is 24.7. The van der Waals surface area contributed by atoms with E-state index in [0.717, 1.165) is 12.1 Å². The maximum atomic E-state index is 15.2. The van der Waals surface area contributed by atoms with E-state index in [1.807, 2.05) is 0 Å². The molecule has 4 nitrogen and oxygen atoms in total. The van der Waals surface area contributed by atoms with Gasteiger partial charge in [-0.25, -0.2) is 17.6 Å². The zero-order valence-electron chi connectivity index (χ0n) is 24.7. The number of benzene rings is 2. The van der Waals surface area contributed by atoms with E-state index in [0.29, 0.717) is 23.5 Å². The van der Waals surface area contributed by atoms with Gasteiger partial charge in [0.1, 0.15) is 34.4 Å². The number of anilines is 2. The van der Waals surface area contributed by atoms with Gasteiger partial charge in [-0.15, -0.1) is 0 Å². The van der Waals surface area contributed by atoms with E-state index in [2.05, 4.69) is 9.97 Å². The van der Waals surface area contributed by atoms with Crippen LogP contribution in [0.2, 0.25) is 0 Å². The van der Waals surface area contributed by atoms with Crippen LogP contribution >= 0.6 is 0 Å². The number of alkyl halides is 6. The van der Waals surface area contributed by atoms with Crippen LogP contribution in [0.25, 0.3) is 22.5 Å². The van der Waals surface area contributed by atoms with E-state index in [1.54, 1.807) is 64.0 Å². The van der Waals surface area contributed by atoms with Crippen molar-refractivity contribution >= 4 is 11.4 Å². The van der Waals surface area contributed by atoms with Crippen molar-refractivity contribution in [2.45, 2.75) is 31.6 Å². The molecule has 4 rings (SSSR count). The first kappa shape index (κ1) is 33.5. The third-order valence-corrected chi connectivity index (χ3v) is 7.23. The first-order valence-corrected chi connectivity index (χ1v) is 13.2. The molecule has 2 aromatic heterocycles. The molecule has 2 heterocycles. The van der Waals surface area contributed by atoms with E-state index in [4.69, 9.17) is 0 Å². The molecule has 0 aliphatic carbocycles. The smallest absolute Gasteiger partial charge is 0.378 e. The SMILES string of the molecule is CN(C)c1cc(-c2ccc(F)c(C(F)(F)F)c2F)nc(C(C)(C)c2cc(N(C)C)cc(-c3ccc(F)c(C(F)(F)F)c3F)n2)c1. The van der Waals surface area contributed by atoms with Crippen LogP contribution in [-0.4, -0.2) is 38.2 Å². The molecule has 240 valence electrons. The number of hydrogen-bond acceptors (Lipinski definition) is 4. The summed E-state index contributed by atoms with van der Waals surface area (Å²) in [6, 6.07) is 8.32. The van der Waals surface area contributed by atoms with Crippen molar-refractivity contribution in [2.75, 3.05) is 38.0 Å². The highest BCUT2D eigenvalue weighted by atomic mass is 19.4. The molecule has 0 amide bonds. The van der Waals surface area contributed by atoms with Crippen molar-refractivity contribution < 1.29 is 43.9 Å². The van der Waals surface area contributed by atoms with Gasteiger partial charge in [0.15, 0.2) is 0 Å². The van der Waals surface area contributed by atoms with Gasteiger partial charge in [-0.2, -0.15) is 26.3 Å². The van der Waals surface area contributed by atoms with Crippen LogP contribution < -0.4 is 9.80 Å². The third kappa shape index (κ3) is 6.40. The molecular weight excluding hydrogens is 618 g/mol. The van der Waals surface area contributed by atoms with E-state index >= 15 is 8.78 Å². The topological polar surface area (TPSA) is 32.3 Å². The highest BCUT2D eigenvalue weighted by Crippen LogP contribution is 2.41. The molecule has 0 aliphatic heterocycles. The molecule has 0 unspecified atom stereocenters. The predicted octanol–water partition coefficient (Wildman–Crippen LogP) is 8.86. The summed E-state index contributed by atoms with van der Waals surface area (Å²) in [5, 5.41) is 0. The Morgan fingerprint density at radius 2 is 0.867 bits per heavy atom. The summed E-state index contributed by atoms with van der Waals surface area (Å²) in [6.07, 6.45) is -10.7. The van der Waals surface area contributed by atoms with Gasteiger partial charge in [0.05, 0.1) is 22.8 Å². The van der Waals surface area contributed by atoms with E-state index in [9.17, 15) is 35.1 Å². The highest BCUT2D eigenvalue weighted by molar-refractivity contribution is 5.69. The summed E-state index contributed by atoms with van der Waals surface area (Å²) >= 11 is 0. The molecule has 0 spiro atoms. The van der Waals surface area contributed by atoms with Gasteiger partial charge < -0.3 is 9.80 Å². The quantitative estimate of drug-likeness (QED) is 0.196. The molecule has 0 aliphatic rings. The number of pyridine rings is 2. The van der Waals surface area contributed by atoms with E-state index < -0.39 is 63.3 Å². The number of aromatic nitrogens is 2. The maximum absolute atomic E-state index is 15.2. The lowest BCUT2D eigenvalue weighted by molar-refractivity contribution is -0.143. The third-order valence-electron chi connectivity index (χ3n) is 7.23. The number of hydrogen-bond donors (Lipinski definition) is 0. The Hall–Kier alpha value is -4.36. The number of rotatable bonds is 6. The van der Waals surface area contributed by atoms with Gasteiger partial charge in [0.2, 0.25) is 0 Å². The minimum atomic E-state index is -5.33. The van der Waals surface area contributed by atoms with Crippen molar-refractivity contribution in [1.29, 1.82) is 0 Å². The second kappa shape index (κ2) is 11.5. The van der Waals surface area contributed by atoms with Gasteiger partial charge in [0.25, 0.3) is 0 Å². The largest absolute Gasteiger partial charge is 0.422 e. The first-order valence-electron chi connectivity index (χ1n) is 13.2. The Morgan fingerprint density at radius 1 is 0.533 bits per heavy atom. The fourth-order valence-corrected chi connectivity index (χ4v) is 4.62. The van der Waals surface area contributed by atoms with Crippen molar-refractivity contribution in [3.8, 4) is 22.5 Å². The van der Waals surface area contributed by atoms with Crippen molar-refractivity contribution in [1.82, 2.24) is 9.97 Å². The second-order valence-corrected chi connectivity index (χ2v) is 11.2. The number of halogens is 10. The summed E-state index contributed by atoms with van der Waals surface area (Å²) in [6.45, 7) is 3.18. The van der Waals surface area contributed by atoms with Crippen LogP contribution in [0.15, 0.2) is 48.5 Å². The Labute approximate surface area is 252 Å². The predicted molar refractivity (Wildman–Crippen MR) is 150 cm³/mol. The lowest BCUT2D eigenvalue weighted by Gasteiger charge is -2.28. The summed E-state index contributed by atoms with van der Waals surface area (Å²) in [4.78, 5) is 12.0. The standard InChI is InChI=1S/C31H26F10N4/c1-29(2,23-13-15(44(3)4)11-21(42-23)17-7-9-19(32)25(27(17)34)30(36,37)38)24-14-16(45(5)6)12-22(43-24)18-8-10-20(33)26(28(18)35)31(39,40)41/h7-14H,1-6H3. The molecule has 45 heavy (non-hydrogen) atoms. The first-order chi connectivity index (χ1) is 20.6. The Morgan fingerprint density at radius 3 is 1.16 bits per heavy atom. The monoisotopic (exact) mass is 644 g/mol. The Kier molecular flexibility index (Phi) is 8.59. The normalized spacial score (nSPS) is 12.4. The summed E-state index contributed by atoms with van der Waals surface area (Å²) in [7, 11) is 6.43. The fraction of sp³-hybridized carbons (Fsp3) is 0.290. The molecule has 0 fully saturated rings. The second-order valence-electron chi connectivity index (χ2n) is 11.2. The molecule has 0 saturated heterocycles. The van der Waals surface area contributed by atoms with Crippen molar-refractivity contribution in [3.05, 3.63) is 94.3 Å². The van der Waals surface area contributed by atoms with Gasteiger partial charge in [-0.05, 0) is 62.4 Å². The van der Waals surface area contributed by atoms with Gasteiger partial charge in [-0.3, -0.25) is 9.97 Å². The van der Waals surface area contributed by atoms with Crippen LogP contribution in [-0.2, 0) is 17.8 Å². The molecule has 0 radical (unpaired) electrons. The van der Waals surface area contributed by atoms with Crippen LogP contribution in [0, 0.1) is 23.3 Å². The van der Waals surface area contributed by atoms with Crippen LogP contribution in [0.4, 0.5) is 55.3 Å². The average Bonchev–Trinajstić information content (AvgIpc) is 2.91. The van der Waals surface area contributed by atoms with E-state index in [-0.39, 0.29) is 22.8 Å². The van der Waals surface area contributed by atoms with E-state index in [1.165, 1.54) is 12.1 Å². The minimum absolute atomic E-state index is 0.130. The Balaban J connectivity index is 1.98. The highest BCUT2D eigenvalue weighted by Gasteiger charge is 2.40. The number of nitrogens with zero attached hydrogens (tertiary/aromatic N) is 4. The lowest BCUT2D eigenvalue weighted by atomic mass is 9.83. The summed E-state index contributed by atoms with van der Waals surface area (Å²) in [5.41, 5.74) is -6.27. The average molecular weight is 645 g/mol. The molecule has 2 aromatic carbocycles. The summed E-state index contributed by atoms with van der Waals surface area (Å²) < 4.78 is 139. The van der Waals surface area contributed by atoms with Crippen molar-refractivity contribution in [2.24, 2.45) is 0 Å². The zero-order chi connectivity index (χ0) is 33.8.